The van der Waals surface area contributed by atoms with E-state index in [-0.39, 0.29) is 0 Å². The number of hydrogen-bond acceptors (Lipinski definition) is 4. The van der Waals surface area contributed by atoms with E-state index < -0.39 is 0 Å². The van der Waals surface area contributed by atoms with Gasteiger partial charge in [0.2, 0.25) is 0 Å². The molecule has 4 heteroatoms. The molecule has 0 spiro atoms. The van der Waals surface area contributed by atoms with Crippen molar-refractivity contribution in [2.75, 3.05) is 0 Å². The zero-order valence-electron chi connectivity index (χ0n) is 14.7. The Morgan fingerprint density at radius 3 is 1.29 bits per heavy atom. The molecule has 2 aliphatic heterocycles. The molecule has 3 saturated carbocycles. The van der Waals surface area contributed by atoms with Crippen LogP contribution in [0.2, 0.25) is 0 Å². The van der Waals surface area contributed by atoms with Crippen molar-refractivity contribution < 1.29 is 0 Å². The van der Waals surface area contributed by atoms with E-state index in [1.54, 1.807) is 25.7 Å². The van der Waals surface area contributed by atoms with Crippen molar-refractivity contribution in [2.24, 2.45) is 23.7 Å². The molecule has 0 aromatic rings. The Kier molecular flexibility index (Phi) is 5.68. The number of fused-ring (bicyclic) bond motifs is 6. The third-order valence-electron chi connectivity index (χ3n) is 7.68. The first kappa shape index (κ1) is 17.5. The predicted molar refractivity (Wildman–Crippen MR) is 115 cm³/mol. The van der Waals surface area contributed by atoms with Gasteiger partial charge in [-0.1, -0.05) is 81.7 Å². The maximum absolute atomic E-state index is 2.34. The predicted octanol–water partition coefficient (Wildman–Crippen LogP) is 7.44. The fourth-order valence-electron chi connectivity index (χ4n) is 6.42. The van der Waals surface area contributed by atoms with Crippen LogP contribution in [-0.4, -0.2) is 21.0 Å². The Balaban J connectivity index is 1.34. The van der Waals surface area contributed by atoms with Crippen LogP contribution in [0.1, 0.15) is 77.0 Å². The van der Waals surface area contributed by atoms with Gasteiger partial charge in [-0.25, -0.2) is 0 Å². The van der Waals surface area contributed by atoms with Crippen molar-refractivity contribution in [3.8, 4) is 0 Å². The van der Waals surface area contributed by atoms with Gasteiger partial charge in [0, 0.05) is 21.0 Å². The second-order valence-corrected chi connectivity index (χ2v) is 14.4. The van der Waals surface area contributed by atoms with E-state index in [9.17, 15) is 0 Å². The van der Waals surface area contributed by atoms with Crippen LogP contribution in [0.4, 0.5) is 0 Å². The molecule has 8 unspecified atom stereocenters. The maximum Gasteiger partial charge on any atom is 0.0186 e. The van der Waals surface area contributed by atoms with Gasteiger partial charge in [-0.15, -0.1) is 0 Å². The standard InChI is InChI=1S/C20H32S4/c1-3-7-13-15-11-20-16(12-19(15)23-21-17(13)9-5-1)14-8-4-2-6-10-18(14)22-24-20/h13-20H,1-12H2. The normalized spacial score (nSPS) is 52.0. The molecule has 24 heavy (non-hydrogen) atoms. The largest absolute Gasteiger partial charge is 0.0901 e. The van der Waals surface area contributed by atoms with Crippen LogP contribution in [-0.2, 0) is 0 Å². The second-order valence-electron chi connectivity index (χ2n) is 8.94. The van der Waals surface area contributed by atoms with Crippen molar-refractivity contribution in [1.29, 1.82) is 0 Å². The molecule has 0 aromatic carbocycles. The quantitative estimate of drug-likeness (QED) is 0.387. The molecular formula is C20H32S4. The highest BCUT2D eigenvalue weighted by Gasteiger charge is 2.51. The lowest BCUT2D eigenvalue weighted by atomic mass is 9.68. The molecule has 0 nitrogen and oxygen atoms in total. The lowest BCUT2D eigenvalue weighted by molar-refractivity contribution is 0.162. The van der Waals surface area contributed by atoms with Crippen LogP contribution < -0.4 is 0 Å². The molecule has 5 aliphatic rings. The van der Waals surface area contributed by atoms with Gasteiger partial charge in [0.05, 0.1) is 0 Å². The summed E-state index contributed by atoms with van der Waals surface area (Å²) in [6.45, 7) is 0. The fourth-order valence-corrected chi connectivity index (χ4v) is 14.5. The van der Waals surface area contributed by atoms with E-state index >= 15 is 0 Å². The van der Waals surface area contributed by atoms with E-state index in [1.807, 2.05) is 0 Å². The summed E-state index contributed by atoms with van der Waals surface area (Å²) < 4.78 is 0. The number of rotatable bonds is 0. The summed E-state index contributed by atoms with van der Waals surface area (Å²) in [5.74, 6) is 4.27. The SMILES string of the molecule is C1CCC2SSC3CC4C(CC3C2CC1)SSC1CCCCCC14. The molecule has 2 saturated heterocycles. The minimum absolute atomic E-state index is 1.00. The molecule has 136 valence electrons. The van der Waals surface area contributed by atoms with E-state index in [0.717, 1.165) is 44.7 Å². The molecule has 0 bridgehead atoms. The van der Waals surface area contributed by atoms with E-state index in [0.29, 0.717) is 0 Å². The van der Waals surface area contributed by atoms with Gasteiger partial charge < -0.3 is 0 Å². The van der Waals surface area contributed by atoms with Crippen LogP contribution in [0.25, 0.3) is 0 Å². The van der Waals surface area contributed by atoms with Crippen LogP contribution in [0.3, 0.4) is 0 Å². The summed E-state index contributed by atoms with van der Waals surface area (Å²) in [6, 6.07) is 0. The summed E-state index contributed by atoms with van der Waals surface area (Å²) in [7, 11) is 9.33. The van der Waals surface area contributed by atoms with E-state index in [4.69, 9.17) is 0 Å². The van der Waals surface area contributed by atoms with Crippen LogP contribution >= 0.6 is 43.2 Å². The van der Waals surface area contributed by atoms with Gasteiger partial charge in [0.25, 0.3) is 0 Å². The molecular weight excluding hydrogens is 368 g/mol. The highest BCUT2D eigenvalue weighted by atomic mass is 33.1. The van der Waals surface area contributed by atoms with E-state index in [1.165, 1.54) is 51.4 Å². The first-order valence-electron chi connectivity index (χ1n) is 10.5. The summed E-state index contributed by atoms with van der Waals surface area (Å²) in [4.78, 5) is 0. The Bertz CT molecular complexity index is 401. The maximum atomic E-state index is 2.34. The molecule has 5 rings (SSSR count). The molecule has 0 radical (unpaired) electrons. The summed E-state index contributed by atoms with van der Waals surface area (Å²) in [5.41, 5.74) is 0. The lowest BCUT2D eigenvalue weighted by Crippen LogP contribution is -2.48. The molecule has 0 aromatic heterocycles. The minimum Gasteiger partial charge on any atom is -0.0901 e. The Labute approximate surface area is 164 Å². The van der Waals surface area contributed by atoms with Gasteiger partial charge in [0.15, 0.2) is 0 Å². The van der Waals surface area contributed by atoms with Crippen LogP contribution in [0.15, 0.2) is 0 Å². The smallest absolute Gasteiger partial charge is 0.0186 e. The van der Waals surface area contributed by atoms with Gasteiger partial charge in [-0.3, -0.25) is 0 Å². The topological polar surface area (TPSA) is 0 Å². The second kappa shape index (κ2) is 7.80. The Morgan fingerprint density at radius 2 is 0.792 bits per heavy atom. The number of hydrogen-bond donors (Lipinski definition) is 0. The Hall–Kier alpha value is 1.40. The van der Waals surface area contributed by atoms with Gasteiger partial charge in [-0.2, -0.15) is 0 Å². The average Bonchev–Trinajstić information content (AvgIpc) is 3.00. The zero-order chi connectivity index (χ0) is 15.9. The van der Waals surface area contributed by atoms with Crippen LogP contribution in [0.5, 0.6) is 0 Å². The van der Waals surface area contributed by atoms with Crippen molar-refractivity contribution in [3.05, 3.63) is 0 Å². The Morgan fingerprint density at radius 1 is 0.375 bits per heavy atom. The first-order valence-corrected chi connectivity index (χ1v) is 15.1. The monoisotopic (exact) mass is 400 g/mol. The van der Waals surface area contributed by atoms with Crippen molar-refractivity contribution in [2.45, 2.75) is 98.0 Å². The zero-order valence-corrected chi connectivity index (χ0v) is 18.0. The lowest BCUT2D eigenvalue weighted by Gasteiger charge is -2.53. The summed E-state index contributed by atoms with van der Waals surface area (Å²) in [6.07, 6.45) is 18.4. The van der Waals surface area contributed by atoms with Crippen LogP contribution in [0, 0.1) is 23.7 Å². The molecule has 5 fully saturated rings. The highest BCUT2D eigenvalue weighted by molar-refractivity contribution is 8.77. The fraction of sp³-hybridized carbons (Fsp3) is 1.00. The average molecular weight is 401 g/mol. The molecule has 2 heterocycles. The molecule has 0 N–H and O–H groups in total. The first-order chi connectivity index (χ1) is 11.9. The van der Waals surface area contributed by atoms with E-state index in [2.05, 4.69) is 43.2 Å². The minimum atomic E-state index is 1.00. The summed E-state index contributed by atoms with van der Waals surface area (Å²) in [5, 5.41) is 4.01. The van der Waals surface area contributed by atoms with Crippen molar-refractivity contribution in [3.63, 3.8) is 0 Å². The van der Waals surface area contributed by atoms with Gasteiger partial charge in [0.1, 0.15) is 0 Å². The van der Waals surface area contributed by atoms with Gasteiger partial charge >= 0.3 is 0 Å². The molecule has 8 atom stereocenters. The van der Waals surface area contributed by atoms with Crippen molar-refractivity contribution in [1.82, 2.24) is 0 Å². The summed E-state index contributed by atoms with van der Waals surface area (Å²) >= 11 is 0. The molecule has 0 amide bonds. The third kappa shape index (κ3) is 3.33. The highest BCUT2D eigenvalue weighted by Crippen LogP contribution is 2.63. The molecule has 3 aliphatic carbocycles. The van der Waals surface area contributed by atoms with Gasteiger partial charge in [-0.05, 0) is 62.2 Å². The van der Waals surface area contributed by atoms with Crippen molar-refractivity contribution >= 4 is 43.2 Å². The third-order valence-corrected chi connectivity index (χ3v) is 14.8.